The van der Waals surface area contributed by atoms with Gasteiger partial charge in [-0.1, -0.05) is 24.3 Å². The lowest BCUT2D eigenvalue weighted by Crippen LogP contribution is -2.59. The van der Waals surface area contributed by atoms with Crippen LogP contribution < -0.4 is 0 Å². The molecule has 1 fully saturated rings. The van der Waals surface area contributed by atoms with Gasteiger partial charge in [-0.15, -0.1) is 0 Å². The summed E-state index contributed by atoms with van der Waals surface area (Å²) in [5.41, 5.74) is 0.353. The zero-order chi connectivity index (χ0) is 20.3. The molecule has 0 atom stereocenters. The van der Waals surface area contributed by atoms with Crippen molar-refractivity contribution in [3.63, 3.8) is 0 Å². The Kier molecular flexibility index (Phi) is 5.77. The molecule has 2 amide bonds. The third-order valence-electron chi connectivity index (χ3n) is 5.41. The number of benzene rings is 1. The second kappa shape index (κ2) is 8.09. The molecule has 1 aliphatic rings. The summed E-state index contributed by atoms with van der Waals surface area (Å²) in [7, 11) is 1.78. The van der Waals surface area contributed by atoms with Crippen LogP contribution in [0, 0.1) is 11.7 Å². The first kappa shape index (κ1) is 20.0. The summed E-state index contributed by atoms with van der Waals surface area (Å²) in [6.07, 6.45) is 2.43. The van der Waals surface area contributed by atoms with Gasteiger partial charge in [0, 0.05) is 50.6 Å². The molecule has 0 unspecified atom stereocenters. The van der Waals surface area contributed by atoms with E-state index in [0.717, 1.165) is 5.69 Å². The molecule has 5 nitrogen and oxygen atoms in total. The van der Waals surface area contributed by atoms with Gasteiger partial charge in [-0.3, -0.25) is 14.6 Å². The van der Waals surface area contributed by atoms with Crippen molar-refractivity contribution in [1.29, 1.82) is 0 Å². The third kappa shape index (κ3) is 4.06. The van der Waals surface area contributed by atoms with Gasteiger partial charge in [-0.05, 0) is 32.0 Å². The standard InChI is InChI=1S/C22H26FN3O2/c1-22(2,18-9-4-5-10-19(18)23)21(28)26-14-16(15-26)20(27)25(3)13-11-17-8-6-7-12-24-17/h4-10,12,16H,11,13-15H2,1-3H3. The van der Waals surface area contributed by atoms with E-state index in [1.165, 1.54) is 6.07 Å². The number of nitrogens with zero attached hydrogens (tertiary/aromatic N) is 3. The number of pyridine rings is 1. The van der Waals surface area contributed by atoms with Crippen LogP contribution >= 0.6 is 0 Å². The number of rotatable bonds is 6. The van der Waals surface area contributed by atoms with Crippen molar-refractivity contribution in [3.8, 4) is 0 Å². The molecule has 0 spiro atoms. The van der Waals surface area contributed by atoms with Gasteiger partial charge >= 0.3 is 0 Å². The van der Waals surface area contributed by atoms with Crippen LogP contribution in [0.15, 0.2) is 48.7 Å². The second-order valence-electron chi connectivity index (χ2n) is 7.84. The zero-order valence-electron chi connectivity index (χ0n) is 16.6. The Labute approximate surface area is 165 Å². The lowest BCUT2D eigenvalue weighted by Gasteiger charge is -2.43. The van der Waals surface area contributed by atoms with E-state index in [9.17, 15) is 14.0 Å². The first-order chi connectivity index (χ1) is 13.3. The quantitative estimate of drug-likeness (QED) is 0.771. The van der Waals surface area contributed by atoms with E-state index in [1.54, 1.807) is 55.1 Å². The number of aromatic nitrogens is 1. The Morgan fingerprint density at radius 2 is 1.86 bits per heavy atom. The first-order valence-corrected chi connectivity index (χ1v) is 9.50. The molecule has 2 heterocycles. The van der Waals surface area contributed by atoms with Crippen molar-refractivity contribution >= 4 is 11.8 Å². The fraction of sp³-hybridized carbons (Fsp3) is 0.409. The minimum Gasteiger partial charge on any atom is -0.345 e. The smallest absolute Gasteiger partial charge is 0.232 e. The first-order valence-electron chi connectivity index (χ1n) is 9.50. The number of halogens is 1. The molecule has 0 saturated carbocycles. The summed E-state index contributed by atoms with van der Waals surface area (Å²) >= 11 is 0. The molecule has 148 valence electrons. The van der Waals surface area contributed by atoms with Crippen LogP contribution in [0.2, 0.25) is 0 Å². The molecule has 3 rings (SSSR count). The zero-order valence-corrected chi connectivity index (χ0v) is 16.6. The molecular formula is C22H26FN3O2. The summed E-state index contributed by atoms with van der Waals surface area (Å²) in [4.78, 5) is 33.1. The van der Waals surface area contributed by atoms with Crippen LogP contribution in [-0.2, 0) is 21.4 Å². The van der Waals surface area contributed by atoms with Crippen molar-refractivity contribution < 1.29 is 14.0 Å². The Balaban J connectivity index is 1.53. The number of amides is 2. The Morgan fingerprint density at radius 1 is 1.18 bits per heavy atom. The van der Waals surface area contributed by atoms with Crippen molar-refractivity contribution in [2.75, 3.05) is 26.7 Å². The SMILES string of the molecule is CN(CCc1ccccn1)C(=O)C1CN(C(=O)C(C)(C)c2ccccc2F)C1. The number of hydrogen-bond donors (Lipinski definition) is 0. The monoisotopic (exact) mass is 383 g/mol. The summed E-state index contributed by atoms with van der Waals surface area (Å²) in [6, 6.07) is 12.1. The number of carbonyl (C=O) groups excluding carboxylic acids is 2. The maximum absolute atomic E-state index is 14.1. The predicted octanol–water partition coefficient (Wildman–Crippen LogP) is 2.66. The summed E-state index contributed by atoms with van der Waals surface area (Å²) in [5, 5.41) is 0. The topological polar surface area (TPSA) is 53.5 Å². The summed E-state index contributed by atoms with van der Waals surface area (Å²) in [6.45, 7) is 4.79. The fourth-order valence-corrected chi connectivity index (χ4v) is 3.53. The van der Waals surface area contributed by atoms with E-state index in [2.05, 4.69) is 4.98 Å². The Bertz CT molecular complexity index is 848. The third-order valence-corrected chi connectivity index (χ3v) is 5.41. The van der Waals surface area contributed by atoms with Crippen LogP contribution in [0.1, 0.15) is 25.1 Å². The number of hydrogen-bond acceptors (Lipinski definition) is 3. The maximum Gasteiger partial charge on any atom is 0.232 e. The molecule has 1 aromatic heterocycles. The number of likely N-dealkylation sites (N-methyl/N-ethyl adjacent to an activating group) is 1. The number of carbonyl (C=O) groups is 2. The molecule has 6 heteroatoms. The van der Waals surface area contributed by atoms with E-state index in [-0.39, 0.29) is 23.5 Å². The van der Waals surface area contributed by atoms with Gasteiger partial charge in [0.1, 0.15) is 5.82 Å². The lowest BCUT2D eigenvalue weighted by atomic mass is 9.81. The van der Waals surface area contributed by atoms with E-state index in [1.807, 2.05) is 18.2 Å². The molecule has 1 saturated heterocycles. The second-order valence-corrected chi connectivity index (χ2v) is 7.84. The molecule has 0 bridgehead atoms. The molecule has 0 aliphatic carbocycles. The van der Waals surface area contributed by atoms with Gasteiger partial charge in [-0.2, -0.15) is 0 Å². The average Bonchev–Trinajstić information content (AvgIpc) is 2.65. The van der Waals surface area contributed by atoms with Gasteiger partial charge in [0.25, 0.3) is 0 Å². The lowest BCUT2D eigenvalue weighted by molar-refractivity contribution is -0.150. The molecular weight excluding hydrogens is 357 g/mol. The van der Waals surface area contributed by atoms with Crippen molar-refractivity contribution in [3.05, 3.63) is 65.7 Å². The van der Waals surface area contributed by atoms with Crippen molar-refractivity contribution in [1.82, 2.24) is 14.8 Å². The Morgan fingerprint density at radius 3 is 2.50 bits per heavy atom. The van der Waals surface area contributed by atoms with E-state index in [4.69, 9.17) is 0 Å². The van der Waals surface area contributed by atoms with Crippen LogP contribution in [0.4, 0.5) is 4.39 Å². The van der Waals surface area contributed by atoms with E-state index in [0.29, 0.717) is 31.6 Å². The Hall–Kier alpha value is -2.76. The normalized spacial score (nSPS) is 14.5. The van der Waals surface area contributed by atoms with E-state index >= 15 is 0 Å². The van der Waals surface area contributed by atoms with Crippen LogP contribution in [-0.4, -0.2) is 53.3 Å². The van der Waals surface area contributed by atoms with Gasteiger partial charge in [0.05, 0.1) is 11.3 Å². The van der Waals surface area contributed by atoms with Gasteiger partial charge < -0.3 is 9.80 Å². The van der Waals surface area contributed by atoms with Gasteiger partial charge in [-0.25, -0.2) is 4.39 Å². The van der Waals surface area contributed by atoms with E-state index < -0.39 is 5.41 Å². The minimum atomic E-state index is -0.968. The van der Waals surface area contributed by atoms with Gasteiger partial charge in [0.2, 0.25) is 11.8 Å². The minimum absolute atomic E-state index is 0.0312. The molecule has 1 aliphatic heterocycles. The van der Waals surface area contributed by atoms with Gasteiger partial charge in [0.15, 0.2) is 0 Å². The maximum atomic E-state index is 14.1. The van der Waals surface area contributed by atoms with Crippen molar-refractivity contribution in [2.45, 2.75) is 25.7 Å². The summed E-state index contributed by atoms with van der Waals surface area (Å²) in [5.74, 6) is -0.709. The average molecular weight is 383 g/mol. The molecule has 2 aromatic rings. The highest BCUT2D eigenvalue weighted by Crippen LogP contribution is 2.31. The highest BCUT2D eigenvalue weighted by Gasteiger charge is 2.43. The van der Waals surface area contributed by atoms with Crippen LogP contribution in [0.3, 0.4) is 0 Å². The fourth-order valence-electron chi connectivity index (χ4n) is 3.53. The van der Waals surface area contributed by atoms with Crippen LogP contribution in [0.25, 0.3) is 0 Å². The highest BCUT2D eigenvalue weighted by molar-refractivity contribution is 5.90. The molecule has 1 aromatic carbocycles. The summed E-state index contributed by atoms with van der Waals surface area (Å²) < 4.78 is 14.1. The molecule has 0 N–H and O–H groups in total. The highest BCUT2D eigenvalue weighted by atomic mass is 19.1. The predicted molar refractivity (Wildman–Crippen MR) is 105 cm³/mol. The largest absolute Gasteiger partial charge is 0.345 e. The number of likely N-dealkylation sites (tertiary alicyclic amines) is 1. The van der Waals surface area contributed by atoms with Crippen molar-refractivity contribution in [2.24, 2.45) is 5.92 Å². The molecule has 0 radical (unpaired) electrons. The molecule has 28 heavy (non-hydrogen) atoms. The van der Waals surface area contributed by atoms with Crippen LogP contribution in [0.5, 0.6) is 0 Å².